The van der Waals surface area contributed by atoms with E-state index in [-0.39, 0.29) is 12.6 Å². The molecule has 2 N–H and O–H groups in total. The van der Waals surface area contributed by atoms with Crippen LogP contribution in [0.3, 0.4) is 0 Å². The van der Waals surface area contributed by atoms with Crippen LogP contribution < -0.4 is 10.6 Å². The number of ether oxygens (including phenoxy) is 2. The molecule has 8 heteroatoms. The maximum atomic E-state index is 11.9. The van der Waals surface area contributed by atoms with Crippen LogP contribution in [0.15, 0.2) is 34.1 Å². The molecule has 0 atom stereocenters. The second kappa shape index (κ2) is 6.63. The SMILES string of the molecule is O=C(NC1=C(CN2CCOCC2)C(=O)OC1)Nc1ccco1. The van der Waals surface area contributed by atoms with Crippen molar-refractivity contribution >= 4 is 17.9 Å². The van der Waals surface area contributed by atoms with Gasteiger partial charge in [-0.25, -0.2) is 9.59 Å². The Kier molecular flexibility index (Phi) is 4.40. The van der Waals surface area contributed by atoms with Crippen molar-refractivity contribution in [3.05, 3.63) is 29.7 Å². The fraction of sp³-hybridized carbons (Fsp3) is 0.429. The molecular weight excluding hydrogens is 290 g/mol. The van der Waals surface area contributed by atoms with Gasteiger partial charge in [-0.3, -0.25) is 10.2 Å². The molecule has 2 amide bonds. The topological polar surface area (TPSA) is 93.0 Å². The Labute approximate surface area is 127 Å². The van der Waals surface area contributed by atoms with Gasteiger partial charge in [0.2, 0.25) is 5.88 Å². The molecule has 0 bridgehead atoms. The van der Waals surface area contributed by atoms with E-state index in [0.717, 1.165) is 13.1 Å². The van der Waals surface area contributed by atoms with Gasteiger partial charge in [-0.1, -0.05) is 0 Å². The standard InChI is InChI=1S/C14H17N3O5/c18-13-10(8-17-3-6-20-7-4-17)11(9-22-13)15-14(19)16-12-2-1-5-21-12/h1-2,5H,3-4,6-9H2,(H2,15,16,19). The molecule has 3 rings (SSSR count). The lowest BCUT2D eigenvalue weighted by molar-refractivity contribution is -0.136. The quantitative estimate of drug-likeness (QED) is 0.789. The number of amides is 2. The number of rotatable bonds is 4. The minimum absolute atomic E-state index is 0.0735. The number of cyclic esters (lactones) is 1. The van der Waals surface area contributed by atoms with E-state index in [2.05, 4.69) is 15.5 Å². The van der Waals surface area contributed by atoms with E-state index in [4.69, 9.17) is 13.9 Å². The summed E-state index contributed by atoms with van der Waals surface area (Å²) in [7, 11) is 0. The molecule has 0 unspecified atom stereocenters. The summed E-state index contributed by atoms with van der Waals surface area (Å²) in [5.74, 6) is -0.0575. The number of carbonyl (C=O) groups is 2. The number of morpholine rings is 1. The molecule has 0 saturated carbocycles. The fourth-order valence-corrected chi connectivity index (χ4v) is 2.32. The highest BCUT2D eigenvalue weighted by atomic mass is 16.5. The van der Waals surface area contributed by atoms with E-state index >= 15 is 0 Å². The number of esters is 1. The molecule has 0 aliphatic carbocycles. The van der Waals surface area contributed by atoms with Crippen LogP contribution in [0.1, 0.15) is 0 Å². The number of hydrogen-bond acceptors (Lipinski definition) is 6. The summed E-state index contributed by atoms with van der Waals surface area (Å²) in [6.07, 6.45) is 1.46. The van der Waals surface area contributed by atoms with Crippen LogP contribution in [0, 0.1) is 0 Å². The maximum absolute atomic E-state index is 11.9. The Morgan fingerprint density at radius 1 is 1.27 bits per heavy atom. The van der Waals surface area contributed by atoms with Gasteiger partial charge in [0.1, 0.15) is 6.61 Å². The highest BCUT2D eigenvalue weighted by molar-refractivity contribution is 5.95. The largest absolute Gasteiger partial charge is 0.456 e. The van der Waals surface area contributed by atoms with Crippen molar-refractivity contribution in [2.75, 3.05) is 44.8 Å². The van der Waals surface area contributed by atoms with E-state index in [1.165, 1.54) is 6.26 Å². The zero-order valence-electron chi connectivity index (χ0n) is 12.0. The van der Waals surface area contributed by atoms with Crippen LogP contribution in [0.25, 0.3) is 0 Å². The monoisotopic (exact) mass is 307 g/mol. The van der Waals surface area contributed by atoms with Gasteiger partial charge in [0.15, 0.2) is 0 Å². The summed E-state index contributed by atoms with van der Waals surface area (Å²) >= 11 is 0. The smallest absolute Gasteiger partial charge is 0.337 e. The average Bonchev–Trinajstić information content (AvgIpc) is 3.13. The Bertz CT molecular complexity index is 575. The van der Waals surface area contributed by atoms with Gasteiger partial charge in [-0.2, -0.15) is 0 Å². The first-order valence-corrected chi connectivity index (χ1v) is 7.03. The normalized spacial score (nSPS) is 19.2. The third-order valence-corrected chi connectivity index (χ3v) is 3.47. The second-order valence-corrected chi connectivity index (χ2v) is 4.98. The van der Waals surface area contributed by atoms with Gasteiger partial charge in [0.25, 0.3) is 0 Å². The van der Waals surface area contributed by atoms with E-state index in [9.17, 15) is 9.59 Å². The van der Waals surface area contributed by atoms with Gasteiger partial charge in [0.05, 0.1) is 30.7 Å². The van der Waals surface area contributed by atoms with E-state index in [0.29, 0.717) is 36.9 Å². The number of furan rings is 1. The third-order valence-electron chi connectivity index (χ3n) is 3.47. The van der Waals surface area contributed by atoms with Crippen LogP contribution in [-0.4, -0.2) is 56.4 Å². The molecule has 0 radical (unpaired) electrons. The Hall–Kier alpha value is -2.32. The molecule has 2 aliphatic rings. The Morgan fingerprint density at radius 3 is 2.82 bits per heavy atom. The molecule has 1 aromatic rings. The van der Waals surface area contributed by atoms with Crippen LogP contribution in [0.5, 0.6) is 0 Å². The molecule has 1 saturated heterocycles. The van der Waals surface area contributed by atoms with Crippen LogP contribution in [0.2, 0.25) is 0 Å². The maximum Gasteiger partial charge on any atom is 0.337 e. The predicted octanol–water partition coefficient (Wildman–Crippen LogP) is 0.544. The number of anilines is 1. The van der Waals surface area contributed by atoms with Gasteiger partial charge < -0.3 is 19.2 Å². The first kappa shape index (κ1) is 14.6. The third kappa shape index (κ3) is 3.46. The Balaban J connectivity index is 1.63. The molecule has 3 heterocycles. The number of nitrogens with zero attached hydrogens (tertiary/aromatic N) is 1. The van der Waals surface area contributed by atoms with Gasteiger partial charge >= 0.3 is 12.0 Å². The number of urea groups is 1. The lowest BCUT2D eigenvalue weighted by Crippen LogP contribution is -2.39. The van der Waals surface area contributed by atoms with Gasteiger partial charge in [0, 0.05) is 25.7 Å². The van der Waals surface area contributed by atoms with E-state index in [1.807, 2.05) is 0 Å². The lowest BCUT2D eigenvalue weighted by Gasteiger charge is -2.26. The number of hydrogen-bond donors (Lipinski definition) is 2. The first-order valence-electron chi connectivity index (χ1n) is 7.03. The molecule has 0 spiro atoms. The molecule has 118 valence electrons. The van der Waals surface area contributed by atoms with Crippen LogP contribution in [0.4, 0.5) is 10.7 Å². The zero-order chi connectivity index (χ0) is 15.4. The molecule has 2 aliphatic heterocycles. The first-order chi connectivity index (χ1) is 10.7. The number of nitrogens with one attached hydrogen (secondary N) is 2. The minimum Gasteiger partial charge on any atom is -0.456 e. The lowest BCUT2D eigenvalue weighted by atomic mass is 10.2. The highest BCUT2D eigenvalue weighted by Gasteiger charge is 2.28. The molecule has 8 nitrogen and oxygen atoms in total. The van der Waals surface area contributed by atoms with Crippen molar-refractivity contribution in [1.29, 1.82) is 0 Å². The van der Waals surface area contributed by atoms with E-state index < -0.39 is 6.03 Å². The summed E-state index contributed by atoms with van der Waals surface area (Å²) < 4.78 is 15.3. The molecular formula is C14H17N3O5. The zero-order valence-corrected chi connectivity index (χ0v) is 12.0. The summed E-state index contributed by atoms with van der Waals surface area (Å²) in [6, 6.07) is 2.82. The fourth-order valence-electron chi connectivity index (χ4n) is 2.32. The van der Waals surface area contributed by atoms with Gasteiger partial charge in [-0.05, 0) is 6.07 Å². The molecule has 22 heavy (non-hydrogen) atoms. The van der Waals surface area contributed by atoms with Gasteiger partial charge in [-0.15, -0.1) is 0 Å². The summed E-state index contributed by atoms with van der Waals surface area (Å²) in [5.41, 5.74) is 0.969. The van der Waals surface area contributed by atoms with Crippen LogP contribution in [-0.2, 0) is 14.3 Å². The van der Waals surface area contributed by atoms with E-state index in [1.54, 1.807) is 12.1 Å². The van der Waals surface area contributed by atoms with Crippen molar-refractivity contribution in [3.63, 3.8) is 0 Å². The minimum atomic E-state index is -0.470. The predicted molar refractivity (Wildman–Crippen MR) is 76.1 cm³/mol. The Morgan fingerprint density at radius 2 is 2.09 bits per heavy atom. The number of carbonyl (C=O) groups excluding carboxylic acids is 2. The summed E-state index contributed by atoms with van der Waals surface area (Å²) in [4.78, 5) is 25.8. The molecule has 0 aromatic carbocycles. The highest BCUT2D eigenvalue weighted by Crippen LogP contribution is 2.16. The average molecular weight is 307 g/mol. The van der Waals surface area contributed by atoms with Crippen molar-refractivity contribution < 1.29 is 23.5 Å². The second-order valence-electron chi connectivity index (χ2n) is 4.98. The molecule has 1 aromatic heterocycles. The van der Waals surface area contributed by atoms with Crippen molar-refractivity contribution in [1.82, 2.24) is 10.2 Å². The summed E-state index contributed by atoms with van der Waals surface area (Å²) in [6.45, 7) is 3.31. The summed E-state index contributed by atoms with van der Waals surface area (Å²) in [5, 5.41) is 5.19. The molecule has 1 fully saturated rings. The van der Waals surface area contributed by atoms with Crippen molar-refractivity contribution in [2.24, 2.45) is 0 Å². The van der Waals surface area contributed by atoms with Crippen molar-refractivity contribution in [3.8, 4) is 0 Å². The van der Waals surface area contributed by atoms with Crippen LogP contribution >= 0.6 is 0 Å². The van der Waals surface area contributed by atoms with Crippen molar-refractivity contribution in [2.45, 2.75) is 0 Å².